The van der Waals surface area contributed by atoms with E-state index in [0.717, 1.165) is 24.7 Å². The highest BCUT2D eigenvalue weighted by atomic mass is 32.2. The number of amidine groups is 1. The molecule has 0 radical (unpaired) electrons. The molecule has 0 saturated heterocycles. The molecule has 2 aliphatic heterocycles. The molecule has 104 valence electrons. The first-order chi connectivity index (χ1) is 10.4. The third kappa shape index (κ3) is 2.28. The summed E-state index contributed by atoms with van der Waals surface area (Å²) in [4.78, 5) is 6.98. The largest absolute Gasteiger partial charge is 0.320 e. The van der Waals surface area contributed by atoms with Gasteiger partial charge in [0.1, 0.15) is 0 Å². The predicted octanol–water partition coefficient (Wildman–Crippen LogP) is 4.46. The summed E-state index contributed by atoms with van der Waals surface area (Å²) in [6.07, 6.45) is 1.13. The standard InChI is InChI=1S/C18H16N2S/c1-2-7-14(8-3-1)15-9-4-5-10-16(15)17-13-21-18-19-11-6-12-20(17)18/h1-5,7-10,13H,6,11-12H2. The van der Waals surface area contributed by atoms with Gasteiger partial charge in [0.2, 0.25) is 0 Å². The Labute approximate surface area is 129 Å². The van der Waals surface area contributed by atoms with Gasteiger partial charge < -0.3 is 4.90 Å². The van der Waals surface area contributed by atoms with E-state index in [0.29, 0.717) is 0 Å². The number of thioether (sulfide) groups is 1. The van der Waals surface area contributed by atoms with Gasteiger partial charge in [-0.15, -0.1) is 0 Å². The van der Waals surface area contributed by atoms with Crippen molar-refractivity contribution in [3.63, 3.8) is 0 Å². The average Bonchev–Trinajstić information content (AvgIpc) is 3.00. The molecule has 0 fully saturated rings. The lowest BCUT2D eigenvalue weighted by Gasteiger charge is -2.26. The molecule has 0 spiro atoms. The monoisotopic (exact) mass is 292 g/mol. The lowest BCUT2D eigenvalue weighted by Crippen LogP contribution is -2.29. The second kappa shape index (κ2) is 5.41. The Bertz CT molecular complexity index is 719. The third-order valence-corrected chi connectivity index (χ3v) is 4.77. The van der Waals surface area contributed by atoms with Crippen molar-refractivity contribution in [1.29, 1.82) is 0 Å². The quantitative estimate of drug-likeness (QED) is 0.812. The highest BCUT2D eigenvalue weighted by molar-refractivity contribution is 8.16. The van der Waals surface area contributed by atoms with E-state index >= 15 is 0 Å². The maximum absolute atomic E-state index is 4.62. The van der Waals surface area contributed by atoms with Crippen molar-refractivity contribution in [2.24, 2.45) is 4.99 Å². The lowest BCUT2D eigenvalue weighted by atomic mass is 9.97. The number of rotatable bonds is 2. The van der Waals surface area contributed by atoms with Gasteiger partial charge in [0, 0.05) is 24.1 Å². The summed E-state index contributed by atoms with van der Waals surface area (Å²) in [6, 6.07) is 19.2. The Balaban J connectivity index is 1.80. The molecule has 4 rings (SSSR count). The number of aliphatic imine (C=N–C) groups is 1. The Hall–Kier alpha value is -2.00. The van der Waals surface area contributed by atoms with Crippen LogP contribution in [0.1, 0.15) is 12.0 Å². The van der Waals surface area contributed by atoms with Crippen LogP contribution in [0.3, 0.4) is 0 Å². The summed E-state index contributed by atoms with van der Waals surface area (Å²) in [5.74, 6) is 0. The van der Waals surface area contributed by atoms with E-state index in [1.54, 1.807) is 11.8 Å². The Morgan fingerprint density at radius 2 is 1.67 bits per heavy atom. The van der Waals surface area contributed by atoms with E-state index in [1.807, 2.05) is 0 Å². The van der Waals surface area contributed by atoms with E-state index in [4.69, 9.17) is 0 Å². The van der Waals surface area contributed by atoms with Gasteiger partial charge in [-0.25, -0.2) is 0 Å². The topological polar surface area (TPSA) is 15.6 Å². The van der Waals surface area contributed by atoms with Gasteiger partial charge >= 0.3 is 0 Å². The molecular weight excluding hydrogens is 276 g/mol. The number of benzene rings is 2. The molecular formula is C18H16N2S. The average molecular weight is 292 g/mol. The molecule has 0 bridgehead atoms. The van der Waals surface area contributed by atoms with E-state index in [-0.39, 0.29) is 0 Å². The molecule has 0 saturated carbocycles. The normalized spacial score (nSPS) is 17.2. The summed E-state index contributed by atoms with van der Waals surface area (Å²) in [6.45, 7) is 2.03. The molecule has 0 aliphatic carbocycles. The van der Waals surface area contributed by atoms with Gasteiger partial charge in [0.15, 0.2) is 5.17 Å². The van der Waals surface area contributed by atoms with Crippen LogP contribution in [0.25, 0.3) is 16.8 Å². The first-order valence-electron chi connectivity index (χ1n) is 7.27. The van der Waals surface area contributed by atoms with Gasteiger partial charge in [-0.2, -0.15) is 0 Å². The van der Waals surface area contributed by atoms with Crippen molar-refractivity contribution in [3.05, 3.63) is 65.6 Å². The second-order valence-corrected chi connectivity index (χ2v) is 6.04. The summed E-state index contributed by atoms with van der Waals surface area (Å²) in [5.41, 5.74) is 5.14. The molecule has 2 aromatic carbocycles. The van der Waals surface area contributed by atoms with Crippen LogP contribution in [-0.4, -0.2) is 23.2 Å². The van der Waals surface area contributed by atoms with E-state index in [1.165, 1.54) is 22.4 Å². The molecule has 2 heterocycles. The fourth-order valence-corrected chi connectivity index (χ4v) is 3.82. The van der Waals surface area contributed by atoms with Crippen LogP contribution in [0.5, 0.6) is 0 Å². The highest BCUT2D eigenvalue weighted by Gasteiger charge is 2.27. The number of hydrogen-bond donors (Lipinski definition) is 0. The molecule has 0 atom stereocenters. The van der Waals surface area contributed by atoms with Crippen molar-refractivity contribution < 1.29 is 0 Å². The van der Waals surface area contributed by atoms with Crippen molar-refractivity contribution >= 4 is 22.6 Å². The molecule has 2 nitrogen and oxygen atoms in total. The summed E-state index contributed by atoms with van der Waals surface area (Å²) < 4.78 is 0. The molecule has 0 amide bonds. The first-order valence-corrected chi connectivity index (χ1v) is 8.15. The Morgan fingerprint density at radius 1 is 0.905 bits per heavy atom. The fourth-order valence-electron chi connectivity index (χ4n) is 2.87. The summed E-state index contributed by atoms with van der Waals surface area (Å²) >= 11 is 1.75. The van der Waals surface area contributed by atoms with Gasteiger partial charge in [-0.3, -0.25) is 4.99 Å². The van der Waals surface area contributed by atoms with Gasteiger partial charge in [-0.05, 0) is 17.5 Å². The molecule has 0 aromatic heterocycles. The molecule has 2 aromatic rings. The third-order valence-electron chi connectivity index (χ3n) is 3.87. The Kier molecular flexibility index (Phi) is 3.28. The van der Waals surface area contributed by atoms with Crippen LogP contribution in [0.15, 0.2) is 65.0 Å². The second-order valence-electron chi connectivity index (χ2n) is 5.20. The number of nitrogens with zero attached hydrogens (tertiary/aromatic N) is 2. The SMILES string of the molecule is C1=C(c2ccccc2-c2ccccc2)N2CCCN=C2S1. The van der Waals surface area contributed by atoms with Crippen LogP contribution in [0.4, 0.5) is 0 Å². The molecule has 3 heteroatoms. The number of hydrogen-bond acceptors (Lipinski definition) is 3. The molecule has 2 aliphatic rings. The highest BCUT2D eigenvalue weighted by Crippen LogP contribution is 2.38. The lowest BCUT2D eigenvalue weighted by molar-refractivity contribution is 0.542. The zero-order chi connectivity index (χ0) is 14.1. The van der Waals surface area contributed by atoms with Gasteiger partial charge in [0.05, 0.1) is 5.70 Å². The minimum atomic E-state index is 0.959. The van der Waals surface area contributed by atoms with Crippen molar-refractivity contribution in [2.75, 3.05) is 13.1 Å². The van der Waals surface area contributed by atoms with Crippen LogP contribution in [0, 0.1) is 0 Å². The minimum absolute atomic E-state index is 0.959. The molecule has 0 N–H and O–H groups in total. The maximum Gasteiger partial charge on any atom is 0.168 e. The van der Waals surface area contributed by atoms with E-state index < -0.39 is 0 Å². The summed E-state index contributed by atoms with van der Waals surface area (Å²) in [7, 11) is 0. The minimum Gasteiger partial charge on any atom is -0.320 e. The van der Waals surface area contributed by atoms with Crippen LogP contribution in [-0.2, 0) is 0 Å². The molecule has 21 heavy (non-hydrogen) atoms. The van der Waals surface area contributed by atoms with Crippen molar-refractivity contribution in [3.8, 4) is 11.1 Å². The zero-order valence-electron chi connectivity index (χ0n) is 11.7. The predicted molar refractivity (Wildman–Crippen MR) is 91.1 cm³/mol. The maximum atomic E-state index is 4.62. The van der Waals surface area contributed by atoms with Crippen LogP contribution < -0.4 is 0 Å². The zero-order valence-corrected chi connectivity index (χ0v) is 12.5. The van der Waals surface area contributed by atoms with E-state index in [2.05, 4.69) is 69.9 Å². The molecule has 0 unspecified atom stereocenters. The smallest absolute Gasteiger partial charge is 0.168 e. The summed E-state index contributed by atoms with van der Waals surface area (Å²) in [5, 5.41) is 3.39. The Morgan fingerprint density at radius 3 is 2.52 bits per heavy atom. The van der Waals surface area contributed by atoms with Gasteiger partial charge in [-0.1, -0.05) is 66.4 Å². The first kappa shape index (κ1) is 12.7. The fraction of sp³-hybridized carbons (Fsp3) is 0.167. The van der Waals surface area contributed by atoms with Crippen LogP contribution >= 0.6 is 11.8 Å². The number of fused-ring (bicyclic) bond motifs is 1. The van der Waals surface area contributed by atoms with Crippen molar-refractivity contribution in [1.82, 2.24) is 4.90 Å². The van der Waals surface area contributed by atoms with Crippen LogP contribution in [0.2, 0.25) is 0 Å². The van der Waals surface area contributed by atoms with Crippen molar-refractivity contribution in [2.45, 2.75) is 6.42 Å². The van der Waals surface area contributed by atoms with Gasteiger partial charge in [0.25, 0.3) is 0 Å². The van der Waals surface area contributed by atoms with E-state index in [9.17, 15) is 0 Å².